The van der Waals surface area contributed by atoms with Gasteiger partial charge < -0.3 is 14.1 Å². The van der Waals surface area contributed by atoms with E-state index in [-0.39, 0.29) is 11.5 Å². The predicted octanol–water partition coefficient (Wildman–Crippen LogP) is 4.64. The van der Waals surface area contributed by atoms with Crippen LogP contribution in [0.4, 0.5) is 0 Å². The maximum Gasteiger partial charge on any atom is 0.349 e. The van der Waals surface area contributed by atoms with Gasteiger partial charge in [-0.15, -0.1) is 0 Å². The van der Waals surface area contributed by atoms with Crippen molar-refractivity contribution in [2.75, 3.05) is 7.11 Å². The first-order valence-electron chi connectivity index (χ1n) is 9.63. The van der Waals surface area contributed by atoms with Crippen molar-refractivity contribution in [3.63, 3.8) is 0 Å². The molecule has 0 bridgehead atoms. The molecule has 0 fully saturated rings. The second-order valence-electron chi connectivity index (χ2n) is 6.98. The van der Waals surface area contributed by atoms with E-state index in [0.29, 0.717) is 29.8 Å². The number of fused-ring (bicyclic) bond motifs is 1. The zero-order valence-electron chi connectivity index (χ0n) is 16.6. The minimum atomic E-state index is -0.637. The molecule has 0 aliphatic carbocycles. The summed E-state index contributed by atoms with van der Waals surface area (Å²) in [5.41, 5.74) is 1.72. The topological polar surface area (TPSA) is 59.8 Å². The highest BCUT2D eigenvalue weighted by Crippen LogP contribution is 2.19. The van der Waals surface area contributed by atoms with Crippen molar-refractivity contribution in [2.45, 2.75) is 13.1 Å². The third-order valence-corrected chi connectivity index (χ3v) is 4.88. The minimum Gasteiger partial charge on any atom is -0.497 e. The molecule has 0 saturated heterocycles. The Morgan fingerprint density at radius 1 is 0.867 bits per heavy atom. The second kappa shape index (κ2) is 8.66. The molecule has 4 aromatic rings. The van der Waals surface area contributed by atoms with Crippen molar-refractivity contribution in [3.8, 4) is 5.75 Å². The van der Waals surface area contributed by atoms with Gasteiger partial charge in [0, 0.05) is 18.5 Å². The number of methoxy groups -OCH3 is 1. The van der Waals surface area contributed by atoms with Crippen molar-refractivity contribution < 1.29 is 13.9 Å². The van der Waals surface area contributed by atoms with Crippen molar-refractivity contribution in [1.82, 2.24) is 4.90 Å². The zero-order valence-corrected chi connectivity index (χ0v) is 16.6. The fourth-order valence-electron chi connectivity index (χ4n) is 3.38. The molecule has 4 rings (SSSR count). The van der Waals surface area contributed by atoms with Crippen molar-refractivity contribution in [3.05, 3.63) is 112 Å². The number of carbonyl (C=O) groups is 1. The Kier molecular flexibility index (Phi) is 5.61. The van der Waals surface area contributed by atoms with Gasteiger partial charge in [0.1, 0.15) is 16.9 Å². The van der Waals surface area contributed by atoms with Crippen LogP contribution in [0.5, 0.6) is 5.75 Å². The molecule has 1 amide bonds. The Morgan fingerprint density at radius 3 is 2.37 bits per heavy atom. The van der Waals surface area contributed by atoms with Gasteiger partial charge in [-0.1, -0.05) is 60.7 Å². The molecule has 3 aromatic carbocycles. The van der Waals surface area contributed by atoms with Crippen LogP contribution in [-0.4, -0.2) is 17.9 Å². The Morgan fingerprint density at radius 2 is 1.57 bits per heavy atom. The lowest BCUT2D eigenvalue weighted by Crippen LogP contribution is -2.33. The molecule has 0 aliphatic heterocycles. The van der Waals surface area contributed by atoms with E-state index < -0.39 is 5.63 Å². The maximum absolute atomic E-state index is 13.4. The molecule has 0 unspecified atom stereocenters. The molecule has 0 N–H and O–H groups in total. The fourth-order valence-corrected chi connectivity index (χ4v) is 3.38. The summed E-state index contributed by atoms with van der Waals surface area (Å²) in [6.45, 7) is 0.695. The summed E-state index contributed by atoms with van der Waals surface area (Å²) < 4.78 is 10.7. The molecule has 150 valence electrons. The molecule has 30 heavy (non-hydrogen) atoms. The highest BCUT2D eigenvalue weighted by Gasteiger charge is 2.21. The summed E-state index contributed by atoms with van der Waals surface area (Å²) >= 11 is 0. The third kappa shape index (κ3) is 4.25. The van der Waals surface area contributed by atoms with Crippen molar-refractivity contribution in [1.29, 1.82) is 0 Å². The summed E-state index contributed by atoms with van der Waals surface area (Å²) in [4.78, 5) is 27.6. The molecular weight excluding hydrogens is 378 g/mol. The smallest absolute Gasteiger partial charge is 0.349 e. The first-order valence-corrected chi connectivity index (χ1v) is 9.63. The molecule has 0 spiro atoms. The molecule has 0 atom stereocenters. The van der Waals surface area contributed by atoms with Crippen LogP contribution in [0, 0.1) is 0 Å². The van der Waals surface area contributed by atoms with Gasteiger partial charge in [0.2, 0.25) is 0 Å². The third-order valence-electron chi connectivity index (χ3n) is 4.88. The van der Waals surface area contributed by atoms with Gasteiger partial charge in [-0.3, -0.25) is 4.79 Å². The molecule has 5 heteroatoms. The quantitative estimate of drug-likeness (QED) is 0.443. The highest BCUT2D eigenvalue weighted by atomic mass is 16.5. The van der Waals surface area contributed by atoms with Crippen LogP contribution in [0.25, 0.3) is 11.0 Å². The minimum absolute atomic E-state index is 0.0209. The van der Waals surface area contributed by atoms with E-state index in [0.717, 1.165) is 11.1 Å². The Labute approximate surface area is 174 Å². The summed E-state index contributed by atoms with van der Waals surface area (Å²) in [6.07, 6.45) is 0. The number of nitrogens with zero attached hydrogens (tertiary/aromatic N) is 1. The highest BCUT2D eigenvalue weighted by molar-refractivity contribution is 5.96. The molecule has 1 aromatic heterocycles. The summed E-state index contributed by atoms with van der Waals surface area (Å²) in [5.74, 6) is 0.339. The lowest BCUT2D eigenvalue weighted by molar-refractivity contribution is 0.0725. The van der Waals surface area contributed by atoms with Gasteiger partial charge in [-0.2, -0.15) is 0 Å². The number of para-hydroxylation sites is 1. The van der Waals surface area contributed by atoms with Gasteiger partial charge in [-0.25, -0.2) is 4.79 Å². The Bertz CT molecular complexity index is 1230. The fraction of sp³-hybridized carbons (Fsp3) is 0.120. The van der Waals surface area contributed by atoms with E-state index >= 15 is 0 Å². The zero-order chi connectivity index (χ0) is 20.9. The van der Waals surface area contributed by atoms with Gasteiger partial charge in [0.15, 0.2) is 0 Å². The van der Waals surface area contributed by atoms with Gasteiger partial charge in [0.25, 0.3) is 5.91 Å². The van der Waals surface area contributed by atoms with Crippen LogP contribution in [-0.2, 0) is 13.1 Å². The van der Waals surface area contributed by atoms with Crippen LogP contribution >= 0.6 is 0 Å². The van der Waals surface area contributed by atoms with E-state index in [2.05, 4.69) is 0 Å². The van der Waals surface area contributed by atoms with Gasteiger partial charge in [0.05, 0.1) is 7.11 Å². The normalized spacial score (nSPS) is 10.7. The van der Waals surface area contributed by atoms with Crippen LogP contribution in [0.1, 0.15) is 21.5 Å². The lowest BCUT2D eigenvalue weighted by Gasteiger charge is -2.23. The number of rotatable bonds is 6. The van der Waals surface area contributed by atoms with E-state index in [4.69, 9.17) is 9.15 Å². The molecular formula is C25H21NO4. The molecule has 0 saturated carbocycles. The van der Waals surface area contributed by atoms with E-state index in [9.17, 15) is 9.59 Å². The maximum atomic E-state index is 13.4. The van der Waals surface area contributed by atoms with Gasteiger partial charge in [-0.05, 0) is 35.4 Å². The largest absolute Gasteiger partial charge is 0.497 e. The van der Waals surface area contributed by atoms with Crippen LogP contribution in [0.2, 0.25) is 0 Å². The number of amides is 1. The average molecular weight is 399 g/mol. The van der Waals surface area contributed by atoms with E-state index in [1.54, 1.807) is 30.2 Å². The molecule has 0 aliphatic rings. The number of benzene rings is 3. The lowest BCUT2D eigenvalue weighted by atomic mass is 10.1. The first kappa shape index (κ1) is 19.5. The van der Waals surface area contributed by atoms with Gasteiger partial charge >= 0.3 is 5.63 Å². The molecule has 0 radical (unpaired) electrons. The SMILES string of the molecule is COc1cccc(CN(Cc2ccccc2)C(=O)c2cc3ccccc3oc2=O)c1. The van der Waals surface area contributed by atoms with Crippen LogP contribution in [0.3, 0.4) is 0 Å². The number of hydrogen-bond acceptors (Lipinski definition) is 4. The number of carbonyl (C=O) groups excluding carboxylic acids is 1. The summed E-state index contributed by atoms with van der Waals surface area (Å²) in [7, 11) is 1.60. The Balaban J connectivity index is 1.71. The summed E-state index contributed by atoms with van der Waals surface area (Å²) in [5, 5.41) is 0.710. The number of hydrogen-bond donors (Lipinski definition) is 0. The number of ether oxygens (including phenoxy) is 1. The molecule has 5 nitrogen and oxygen atoms in total. The van der Waals surface area contributed by atoms with Crippen LogP contribution < -0.4 is 10.4 Å². The first-order chi connectivity index (χ1) is 14.6. The monoisotopic (exact) mass is 399 g/mol. The predicted molar refractivity (Wildman–Crippen MR) is 115 cm³/mol. The van der Waals surface area contributed by atoms with Crippen LogP contribution in [0.15, 0.2) is 94.1 Å². The summed E-state index contributed by atoms with van der Waals surface area (Å²) in [6, 6.07) is 26.0. The van der Waals surface area contributed by atoms with Crippen molar-refractivity contribution >= 4 is 16.9 Å². The second-order valence-corrected chi connectivity index (χ2v) is 6.98. The van der Waals surface area contributed by atoms with E-state index in [1.807, 2.05) is 66.7 Å². The molecule has 1 heterocycles. The van der Waals surface area contributed by atoms with Crippen molar-refractivity contribution in [2.24, 2.45) is 0 Å². The average Bonchev–Trinajstić information content (AvgIpc) is 2.78. The standard InChI is InChI=1S/C25H21NO4/c1-29-21-12-7-10-19(14-21)17-26(16-18-8-3-2-4-9-18)24(27)22-15-20-11-5-6-13-23(20)30-25(22)28/h2-15H,16-17H2,1H3. The van der Waals surface area contributed by atoms with E-state index in [1.165, 1.54) is 0 Å². The Hall–Kier alpha value is -3.86.